The zero-order valence-corrected chi connectivity index (χ0v) is 12.8. The lowest BCUT2D eigenvalue weighted by atomic mass is 9.89. The third-order valence-electron chi connectivity index (χ3n) is 5.53. The Morgan fingerprint density at radius 3 is 2.71 bits per heavy atom. The molecule has 0 amide bonds. The van der Waals surface area contributed by atoms with Gasteiger partial charge in [-0.25, -0.2) is 4.68 Å². The van der Waals surface area contributed by atoms with Gasteiger partial charge in [0.1, 0.15) is 0 Å². The highest BCUT2D eigenvalue weighted by molar-refractivity contribution is 5.22. The number of aryl methyl sites for hydroxylation is 2. The van der Waals surface area contributed by atoms with Gasteiger partial charge in [-0.15, -0.1) is 0 Å². The zero-order chi connectivity index (χ0) is 14.2. The molecule has 1 aromatic heterocycles. The van der Waals surface area contributed by atoms with E-state index in [1.807, 2.05) is 6.07 Å². The Balaban J connectivity index is 1.37. The van der Waals surface area contributed by atoms with E-state index in [0.29, 0.717) is 5.92 Å². The summed E-state index contributed by atoms with van der Waals surface area (Å²) in [5.41, 5.74) is 2.46. The van der Waals surface area contributed by atoms with Crippen LogP contribution >= 0.6 is 0 Å². The first-order valence-electron chi connectivity index (χ1n) is 8.63. The van der Waals surface area contributed by atoms with Gasteiger partial charge in [-0.3, -0.25) is 9.69 Å². The van der Waals surface area contributed by atoms with Gasteiger partial charge in [0.15, 0.2) is 0 Å². The van der Waals surface area contributed by atoms with Crippen molar-refractivity contribution in [1.29, 1.82) is 0 Å². The van der Waals surface area contributed by atoms with E-state index in [2.05, 4.69) is 10.00 Å². The summed E-state index contributed by atoms with van der Waals surface area (Å²) in [5.74, 6) is 0.622. The number of likely N-dealkylation sites (tertiary alicyclic amines) is 1. The van der Waals surface area contributed by atoms with E-state index >= 15 is 0 Å². The van der Waals surface area contributed by atoms with Gasteiger partial charge in [0.2, 0.25) is 0 Å². The third kappa shape index (κ3) is 2.66. The Kier molecular flexibility index (Phi) is 3.57. The van der Waals surface area contributed by atoms with Crippen LogP contribution in [-0.2, 0) is 19.4 Å². The van der Waals surface area contributed by atoms with Crippen molar-refractivity contribution in [2.75, 3.05) is 13.1 Å². The highest BCUT2D eigenvalue weighted by Crippen LogP contribution is 2.29. The van der Waals surface area contributed by atoms with Crippen LogP contribution in [0.4, 0.5) is 0 Å². The van der Waals surface area contributed by atoms with Crippen molar-refractivity contribution in [2.24, 2.45) is 5.92 Å². The Bertz CT molecular complexity index is 568. The summed E-state index contributed by atoms with van der Waals surface area (Å²) in [6.45, 7) is 3.14. The van der Waals surface area contributed by atoms with E-state index < -0.39 is 0 Å². The molecule has 1 saturated heterocycles. The van der Waals surface area contributed by atoms with E-state index in [1.54, 1.807) is 4.68 Å². The molecule has 21 heavy (non-hydrogen) atoms. The predicted octanol–water partition coefficient (Wildman–Crippen LogP) is 2.00. The van der Waals surface area contributed by atoms with E-state index in [0.717, 1.165) is 50.6 Å². The molecule has 3 aliphatic rings. The lowest BCUT2D eigenvalue weighted by Crippen LogP contribution is -2.54. The van der Waals surface area contributed by atoms with Crippen LogP contribution in [0, 0.1) is 5.92 Å². The van der Waals surface area contributed by atoms with Gasteiger partial charge in [-0.1, -0.05) is 19.3 Å². The van der Waals surface area contributed by atoms with Crippen LogP contribution in [0.15, 0.2) is 10.9 Å². The Morgan fingerprint density at radius 1 is 1.10 bits per heavy atom. The summed E-state index contributed by atoms with van der Waals surface area (Å²) < 4.78 is 1.73. The predicted molar refractivity (Wildman–Crippen MR) is 82.5 cm³/mol. The largest absolute Gasteiger partial charge is 0.300 e. The summed E-state index contributed by atoms with van der Waals surface area (Å²) in [7, 11) is 0. The molecule has 4 nitrogen and oxygen atoms in total. The second kappa shape index (κ2) is 5.56. The minimum atomic E-state index is 0.103. The molecule has 0 N–H and O–H groups in total. The average Bonchev–Trinajstić information content (AvgIpc) is 2.90. The molecule has 1 aliphatic heterocycles. The third-order valence-corrected chi connectivity index (χ3v) is 5.53. The van der Waals surface area contributed by atoms with Crippen molar-refractivity contribution in [3.05, 3.63) is 27.7 Å². The summed E-state index contributed by atoms with van der Waals surface area (Å²) in [5, 5.41) is 4.60. The van der Waals surface area contributed by atoms with Crippen LogP contribution in [0.2, 0.25) is 0 Å². The molecule has 2 aliphatic carbocycles. The zero-order valence-electron chi connectivity index (χ0n) is 12.8. The molecule has 0 atom stereocenters. The number of hydrogen-bond donors (Lipinski definition) is 0. The van der Waals surface area contributed by atoms with Crippen molar-refractivity contribution < 1.29 is 0 Å². The van der Waals surface area contributed by atoms with Crippen molar-refractivity contribution in [3.63, 3.8) is 0 Å². The van der Waals surface area contributed by atoms with Gasteiger partial charge >= 0.3 is 0 Å². The van der Waals surface area contributed by atoms with Crippen LogP contribution < -0.4 is 5.56 Å². The van der Waals surface area contributed by atoms with Gasteiger partial charge in [0.25, 0.3) is 5.56 Å². The summed E-state index contributed by atoms with van der Waals surface area (Å²) in [6.07, 6.45) is 10.2. The van der Waals surface area contributed by atoms with Gasteiger partial charge in [-0.2, -0.15) is 5.10 Å². The number of nitrogens with zero attached hydrogens (tertiary/aromatic N) is 3. The Labute approximate surface area is 126 Å². The number of hydrogen-bond acceptors (Lipinski definition) is 3. The van der Waals surface area contributed by atoms with E-state index in [9.17, 15) is 4.79 Å². The van der Waals surface area contributed by atoms with Gasteiger partial charge in [-0.05, 0) is 37.7 Å². The van der Waals surface area contributed by atoms with Crippen LogP contribution in [0.25, 0.3) is 0 Å². The molecular weight excluding hydrogens is 262 g/mol. The normalized spacial score (nSPS) is 24.0. The SMILES string of the molecule is O=c1cc2c(nn1CC1CN(C3CCCCC3)C1)CCC2. The van der Waals surface area contributed by atoms with Crippen molar-refractivity contribution in [3.8, 4) is 0 Å². The van der Waals surface area contributed by atoms with E-state index in [-0.39, 0.29) is 5.56 Å². The minimum absolute atomic E-state index is 0.103. The standard InChI is InChI=1S/C17H25N3O/c21-17-9-14-5-4-8-16(14)18-20(17)12-13-10-19(11-13)15-6-2-1-3-7-15/h9,13,15H,1-8,10-12H2. The van der Waals surface area contributed by atoms with Gasteiger partial charge < -0.3 is 0 Å². The molecule has 4 heteroatoms. The molecule has 2 heterocycles. The molecule has 0 spiro atoms. The molecule has 0 radical (unpaired) electrons. The monoisotopic (exact) mass is 287 g/mol. The molecule has 0 bridgehead atoms. The first-order chi connectivity index (χ1) is 10.3. The van der Waals surface area contributed by atoms with Gasteiger partial charge in [0.05, 0.1) is 12.2 Å². The molecule has 0 unspecified atom stereocenters. The average molecular weight is 287 g/mol. The first-order valence-corrected chi connectivity index (χ1v) is 8.63. The maximum absolute atomic E-state index is 12.1. The Morgan fingerprint density at radius 2 is 1.90 bits per heavy atom. The topological polar surface area (TPSA) is 38.1 Å². The quantitative estimate of drug-likeness (QED) is 0.853. The van der Waals surface area contributed by atoms with Crippen LogP contribution in [0.5, 0.6) is 0 Å². The van der Waals surface area contributed by atoms with E-state index in [1.165, 1.54) is 37.7 Å². The Hall–Kier alpha value is -1.16. The molecule has 2 fully saturated rings. The van der Waals surface area contributed by atoms with E-state index in [4.69, 9.17) is 0 Å². The second-order valence-electron chi connectivity index (χ2n) is 7.10. The number of rotatable bonds is 3. The molecule has 0 aromatic carbocycles. The first kappa shape index (κ1) is 13.5. The maximum atomic E-state index is 12.1. The van der Waals surface area contributed by atoms with Crippen LogP contribution in [0.1, 0.15) is 49.8 Å². The number of aromatic nitrogens is 2. The molecule has 1 aromatic rings. The summed E-state index contributed by atoms with van der Waals surface area (Å²) in [4.78, 5) is 14.8. The molecule has 4 rings (SSSR count). The molecule has 114 valence electrons. The second-order valence-corrected chi connectivity index (χ2v) is 7.10. The highest BCUT2D eigenvalue weighted by atomic mass is 16.1. The van der Waals surface area contributed by atoms with Crippen LogP contribution in [-0.4, -0.2) is 33.8 Å². The minimum Gasteiger partial charge on any atom is -0.300 e. The smallest absolute Gasteiger partial charge is 0.267 e. The summed E-state index contributed by atoms with van der Waals surface area (Å²) in [6, 6.07) is 2.65. The van der Waals surface area contributed by atoms with Crippen molar-refractivity contribution in [2.45, 2.75) is 64.0 Å². The van der Waals surface area contributed by atoms with Crippen molar-refractivity contribution >= 4 is 0 Å². The molecule has 1 saturated carbocycles. The lowest BCUT2D eigenvalue weighted by Gasteiger charge is -2.45. The summed E-state index contributed by atoms with van der Waals surface area (Å²) >= 11 is 0. The fourth-order valence-corrected chi connectivity index (χ4v) is 4.28. The maximum Gasteiger partial charge on any atom is 0.267 e. The van der Waals surface area contributed by atoms with Gasteiger partial charge in [0, 0.05) is 31.1 Å². The number of fused-ring (bicyclic) bond motifs is 1. The highest BCUT2D eigenvalue weighted by Gasteiger charge is 2.33. The fourth-order valence-electron chi connectivity index (χ4n) is 4.28. The fraction of sp³-hybridized carbons (Fsp3) is 0.765. The van der Waals surface area contributed by atoms with Crippen molar-refractivity contribution in [1.82, 2.24) is 14.7 Å². The molecular formula is C17H25N3O. The lowest BCUT2D eigenvalue weighted by molar-refractivity contribution is 0.0249. The van der Waals surface area contributed by atoms with Crippen LogP contribution in [0.3, 0.4) is 0 Å².